The fraction of sp³-hybridized carbons (Fsp3) is 0.350. The van der Waals surface area contributed by atoms with Crippen molar-refractivity contribution >= 4 is 5.91 Å². The molecule has 3 nitrogen and oxygen atoms in total. The maximum atomic E-state index is 11.9. The molecule has 0 saturated heterocycles. The number of amides is 1. The Balaban J connectivity index is 1.66. The molecule has 0 spiro atoms. The lowest BCUT2D eigenvalue weighted by Crippen LogP contribution is -2.29. The first-order valence-electron chi connectivity index (χ1n) is 8.21. The van der Waals surface area contributed by atoms with Gasteiger partial charge in [0.2, 0.25) is 5.91 Å². The first-order chi connectivity index (χ1) is 11.2. The molecule has 0 atom stereocenters. The van der Waals surface area contributed by atoms with Gasteiger partial charge in [-0.25, -0.2) is 0 Å². The number of aryl methyl sites for hydroxylation is 2. The predicted octanol–water partition coefficient (Wildman–Crippen LogP) is 3.69. The lowest BCUT2D eigenvalue weighted by Gasteiger charge is -2.08. The van der Waals surface area contributed by atoms with Crippen molar-refractivity contribution in [3.8, 4) is 5.75 Å². The number of hydrogen-bond acceptors (Lipinski definition) is 2. The zero-order chi connectivity index (χ0) is 16.5. The van der Waals surface area contributed by atoms with E-state index in [4.69, 9.17) is 4.74 Å². The van der Waals surface area contributed by atoms with E-state index in [9.17, 15) is 4.79 Å². The summed E-state index contributed by atoms with van der Waals surface area (Å²) in [5.74, 6) is 0.869. The highest BCUT2D eigenvalue weighted by Crippen LogP contribution is 2.13. The minimum atomic E-state index is 0.0238. The molecule has 2 aromatic carbocycles. The van der Waals surface area contributed by atoms with Crippen molar-refractivity contribution in [2.45, 2.75) is 33.1 Å². The smallest absolute Gasteiger partial charge is 0.224 e. The third kappa shape index (κ3) is 6.15. The lowest BCUT2D eigenvalue weighted by molar-refractivity contribution is -0.120. The highest BCUT2D eigenvalue weighted by molar-refractivity contribution is 5.78. The van der Waals surface area contributed by atoms with Crippen LogP contribution in [0.1, 0.15) is 30.0 Å². The summed E-state index contributed by atoms with van der Waals surface area (Å²) in [4.78, 5) is 11.9. The average Bonchev–Trinajstić information content (AvgIpc) is 2.55. The molecule has 23 heavy (non-hydrogen) atoms. The highest BCUT2D eigenvalue weighted by atomic mass is 16.5. The van der Waals surface area contributed by atoms with Crippen molar-refractivity contribution in [3.63, 3.8) is 0 Å². The van der Waals surface area contributed by atoms with E-state index in [0.29, 0.717) is 19.6 Å². The van der Waals surface area contributed by atoms with Crippen LogP contribution in [0.15, 0.2) is 48.5 Å². The Morgan fingerprint density at radius 1 is 1.00 bits per heavy atom. The van der Waals surface area contributed by atoms with Crippen LogP contribution in [-0.2, 0) is 17.6 Å². The van der Waals surface area contributed by atoms with Crippen molar-refractivity contribution in [1.82, 2.24) is 5.32 Å². The van der Waals surface area contributed by atoms with Crippen LogP contribution in [0.25, 0.3) is 0 Å². The molecule has 0 heterocycles. The molecule has 0 aliphatic heterocycles. The van der Waals surface area contributed by atoms with Crippen molar-refractivity contribution in [2.24, 2.45) is 0 Å². The number of rotatable bonds is 8. The topological polar surface area (TPSA) is 38.3 Å². The van der Waals surface area contributed by atoms with Crippen LogP contribution >= 0.6 is 0 Å². The SMILES string of the molecule is CCCc1ccc(OCCNC(=O)Cc2ccc(C)cc2)cc1. The predicted molar refractivity (Wildman–Crippen MR) is 93.8 cm³/mol. The first-order valence-corrected chi connectivity index (χ1v) is 8.21. The normalized spacial score (nSPS) is 10.3. The molecular formula is C20H25NO2. The molecule has 0 fully saturated rings. The first kappa shape index (κ1) is 17.1. The number of benzene rings is 2. The summed E-state index contributed by atoms with van der Waals surface area (Å²) in [6, 6.07) is 16.2. The van der Waals surface area contributed by atoms with E-state index in [1.165, 1.54) is 11.1 Å². The van der Waals surface area contributed by atoms with Crippen molar-refractivity contribution in [1.29, 1.82) is 0 Å². The number of carbonyl (C=O) groups excluding carboxylic acids is 1. The molecule has 0 aliphatic carbocycles. The second kappa shape index (κ2) is 8.99. The van der Waals surface area contributed by atoms with Gasteiger partial charge in [0, 0.05) is 0 Å². The van der Waals surface area contributed by atoms with Gasteiger partial charge in [0.25, 0.3) is 0 Å². The van der Waals surface area contributed by atoms with Crippen molar-refractivity contribution in [2.75, 3.05) is 13.2 Å². The van der Waals surface area contributed by atoms with Crippen molar-refractivity contribution < 1.29 is 9.53 Å². The van der Waals surface area contributed by atoms with Gasteiger partial charge in [-0.3, -0.25) is 4.79 Å². The zero-order valence-electron chi connectivity index (χ0n) is 14.0. The fourth-order valence-electron chi connectivity index (χ4n) is 2.35. The maximum Gasteiger partial charge on any atom is 0.224 e. The summed E-state index contributed by atoms with van der Waals surface area (Å²) >= 11 is 0. The van der Waals surface area contributed by atoms with Gasteiger partial charge in [-0.05, 0) is 36.6 Å². The molecule has 1 amide bonds. The maximum absolute atomic E-state index is 11.9. The van der Waals surface area contributed by atoms with Crippen molar-refractivity contribution in [3.05, 3.63) is 65.2 Å². The summed E-state index contributed by atoms with van der Waals surface area (Å²) in [6.07, 6.45) is 2.65. The van der Waals surface area contributed by atoms with Gasteiger partial charge in [-0.15, -0.1) is 0 Å². The second-order valence-electron chi connectivity index (χ2n) is 5.75. The molecule has 0 aliphatic rings. The summed E-state index contributed by atoms with van der Waals surface area (Å²) in [5, 5.41) is 2.88. The van der Waals surface area contributed by atoms with Gasteiger partial charge < -0.3 is 10.1 Å². The summed E-state index contributed by atoms with van der Waals surface area (Å²) < 4.78 is 5.64. The lowest BCUT2D eigenvalue weighted by atomic mass is 10.1. The Labute approximate surface area is 138 Å². The van der Waals surface area contributed by atoms with Gasteiger partial charge in [0.1, 0.15) is 12.4 Å². The number of nitrogens with one attached hydrogen (secondary N) is 1. The molecule has 0 bridgehead atoms. The largest absolute Gasteiger partial charge is 0.492 e. The Hall–Kier alpha value is -2.29. The molecule has 0 aromatic heterocycles. The van der Waals surface area contributed by atoms with Gasteiger partial charge in [0.05, 0.1) is 13.0 Å². The van der Waals surface area contributed by atoms with E-state index in [1.54, 1.807) is 0 Å². The van der Waals surface area contributed by atoms with Gasteiger partial charge >= 0.3 is 0 Å². The van der Waals surface area contributed by atoms with E-state index in [2.05, 4.69) is 24.4 Å². The van der Waals surface area contributed by atoms with E-state index in [0.717, 1.165) is 24.2 Å². The quantitative estimate of drug-likeness (QED) is 0.755. The van der Waals surface area contributed by atoms with Crippen LogP contribution in [0.3, 0.4) is 0 Å². The van der Waals surface area contributed by atoms with Gasteiger partial charge in [-0.2, -0.15) is 0 Å². The Morgan fingerprint density at radius 3 is 2.30 bits per heavy atom. The summed E-state index contributed by atoms with van der Waals surface area (Å²) in [6.45, 7) is 5.20. The summed E-state index contributed by atoms with van der Waals surface area (Å²) in [5.41, 5.74) is 3.55. The third-order valence-corrected chi connectivity index (χ3v) is 3.64. The van der Waals surface area contributed by atoms with Crippen LogP contribution < -0.4 is 10.1 Å². The Morgan fingerprint density at radius 2 is 1.65 bits per heavy atom. The molecule has 3 heteroatoms. The number of hydrogen-bond donors (Lipinski definition) is 1. The molecule has 122 valence electrons. The fourth-order valence-corrected chi connectivity index (χ4v) is 2.35. The molecular weight excluding hydrogens is 286 g/mol. The van der Waals surface area contributed by atoms with Crippen LogP contribution in [0.4, 0.5) is 0 Å². The highest BCUT2D eigenvalue weighted by Gasteiger charge is 2.03. The van der Waals surface area contributed by atoms with Crippen LogP contribution in [0.2, 0.25) is 0 Å². The standard InChI is InChI=1S/C20H25NO2/c1-3-4-17-9-11-19(12-10-17)23-14-13-21-20(22)15-18-7-5-16(2)6-8-18/h5-12H,3-4,13-15H2,1-2H3,(H,21,22). The molecule has 0 saturated carbocycles. The minimum Gasteiger partial charge on any atom is -0.492 e. The molecule has 2 rings (SSSR count). The van der Waals surface area contributed by atoms with Gasteiger partial charge in [-0.1, -0.05) is 55.3 Å². The van der Waals surface area contributed by atoms with Gasteiger partial charge in [0.15, 0.2) is 0 Å². The van der Waals surface area contributed by atoms with Crippen LogP contribution in [-0.4, -0.2) is 19.1 Å². The zero-order valence-corrected chi connectivity index (χ0v) is 14.0. The Bertz CT molecular complexity index is 603. The third-order valence-electron chi connectivity index (χ3n) is 3.64. The van der Waals surface area contributed by atoms with E-state index in [1.807, 2.05) is 43.3 Å². The monoisotopic (exact) mass is 311 g/mol. The molecule has 2 aromatic rings. The summed E-state index contributed by atoms with van der Waals surface area (Å²) in [7, 11) is 0. The van der Waals surface area contributed by atoms with E-state index in [-0.39, 0.29) is 5.91 Å². The van der Waals surface area contributed by atoms with E-state index >= 15 is 0 Å². The van der Waals surface area contributed by atoms with Crippen LogP contribution in [0.5, 0.6) is 5.75 Å². The number of ether oxygens (including phenoxy) is 1. The molecule has 0 unspecified atom stereocenters. The van der Waals surface area contributed by atoms with Crippen LogP contribution in [0, 0.1) is 6.92 Å². The number of carbonyl (C=O) groups is 1. The Kier molecular flexibility index (Phi) is 6.67. The van der Waals surface area contributed by atoms with E-state index < -0.39 is 0 Å². The minimum absolute atomic E-state index is 0.0238. The molecule has 0 radical (unpaired) electrons. The average molecular weight is 311 g/mol. The molecule has 1 N–H and O–H groups in total. The second-order valence-corrected chi connectivity index (χ2v) is 5.75.